The first-order chi connectivity index (χ1) is 4.77. The van der Waals surface area contributed by atoms with Crippen molar-refractivity contribution < 1.29 is 10.3 Å². The zero-order chi connectivity index (χ0) is 7.82. The molecule has 0 spiro atoms. The molecule has 0 rings (SSSR count). The van der Waals surface area contributed by atoms with Gasteiger partial charge in [0.2, 0.25) is 5.91 Å². The van der Waals surface area contributed by atoms with Gasteiger partial charge in [0, 0.05) is 6.42 Å². The number of amides is 1. The smallest absolute Gasteiger partial charge is 0.217 e. The van der Waals surface area contributed by atoms with E-state index in [4.69, 9.17) is 5.73 Å². The van der Waals surface area contributed by atoms with Crippen molar-refractivity contribution in [3.63, 3.8) is 0 Å². The number of carbonyl (C=O) groups is 1. The number of unbranched alkanes of at least 4 members (excludes halogenated alkanes) is 4. The summed E-state index contributed by atoms with van der Waals surface area (Å²) in [6, 6.07) is 0. The second-order valence-electron chi connectivity index (χ2n) is 2.63. The molecule has 3 nitrogen and oxygen atoms in total. The van der Waals surface area contributed by atoms with E-state index in [1.165, 1.54) is 19.3 Å². The highest BCUT2D eigenvalue weighted by molar-refractivity contribution is 5.73. The molecule has 0 aromatic rings. The summed E-state index contributed by atoms with van der Waals surface area (Å²) in [4.78, 5) is 10.3. The molecule has 11 heavy (non-hydrogen) atoms. The maximum Gasteiger partial charge on any atom is 0.217 e. The predicted octanol–water partition coefficient (Wildman–Crippen LogP) is 1.01. The van der Waals surface area contributed by atoms with Crippen LogP contribution in [-0.2, 0) is 4.79 Å². The van der Waals surface area contributed by atoms with Crippen LogP contribution in [0.25, 0.3) is 0 Å². The second kappa shape index (κ2) is 9.43. The number of carbonyl (C=O) groups excluding carboxylic acids is 1. The van der Waals surface area contributed by atoms with Crippen molar-refractivity contribution in [2.24, 2.45) is 5.73 Å². The van der Waals surface area contributed by atoms with Crippen molar-refractivity contribution in [3.8, 4) is 0 Å². The Labute approximate surface area is 68.3 Å². The molecule has 0 saturated heterocycles. The lowest BCUT2D eigenvalue weighted by Crippen LogP contribution is -2.09. The summed E-state index contributed by atoms with van der Waals surface area (Å²) in [6.45, 7) is 2.17. The Morgan fingerprint density at radius 1 is 1.18 bits per heavy atom. The summed E-state index contributed by atoms with van der Waals surface area (Å²) in [5.41, 5.74) is 4.97. The van der Waals surface area contributed by atoms with E-state index in [1.54, 1.807) is 0 Å². The molecule has 4 N–H and O–H groups in total. The van der Waals surface area contributed by atoms with E-state index in [1.807, 2.05) is 0 Å². The van der Waals surface area contributed by atoms with Gasteiger partial charge in [-0.3, -0.25) is 4.79 Å². The van der Waals surface area contributed by atoms with Gasteiger partial charge in [0.15, 0.2) is 0 Å². The van der Waals surface area contributed by atoms with Crippen molar-refractivity contribution in [1.82, 2.24) is 0 Å². The van der Waals surface area contributed by atoms with Crippen LogP contribution in [0.5, 0.6) is 0 Å². The van der Waals surface area contributed by atoms with Crippen molar-refractivity contribution >= 4 is 5.91 Å². The topological polar surface area (TPSA) is 74.6 Å². The Bertz CT molecular complexity index is 94.1. The molecule has 0 aromatic heterocycles. The molecule has 0 unspecified atom stereocenters. The second-order valence-corrected chi connectivity index (χ2v) is 2.63. The van der Waals surface area contributed by atoms with Crippen LogP contribution in [0.4, 0.5) is 0 Å². The number of rotatable bonds is 6. The fourth-order valence-electron chi connectivity index (χ4n) is 0.903. The molecule has 0 aliphatic heterocycles. The van der Waals surface area contributed by atoms with E-state index in [0.29, 0.717) is 6.42 Å². The molecule has 0 radical (unpaired) electrons. The fourth-order valence-corrected chi connectivity index (χ4v) is 0.903. The summed E-state index contributed by atoms with van der Waals surface area (Å²) < 4.78 is 0. The number of nitrogens with two attached hydrogens (primary N) is 1. The normalized spacial score (nSPS) is 8.82. The Kier molecular flexibility index (Phi) is 11.2. The molecule has 0 aliphatic carbocycles. The molecule has 0 atom stereocenters. The first kappa shape index (κ1) is 13.1. The Morgan fingerprint density at radius 2 is 1.73 bits per heavy atom. The third kappa shape index (κ3) is 12.6. The van der Waals surface area contributed by atoms with Gasteiger partial charge in [0.1, 0.15) is 0 Å². The molecule has 0 aliphatic rings. The average molecular weight is 161 g/mol. The third-order valence-electron chi connectivity index (χ3n) is 1.53. The van der Waals surface area contributed by atoms with E-state index in [-0.39, 0.29) is 11.4 Å². The number of hydrogen-bond donors (Lipinski definition) is 1. The molecule has 0 aromatic carbocycles. The van der Waals surface area contributed by atoms with Gasteiger partial charge in [-0.2, -0.15) is 0 Å². The van der Waals surface area contributed by atoms with Gasteiger partial charge in [0.25, 0.3) is 0 Å². The first-order valence-electron chi connectivity index (χ1n) is 4.05. The lowest BCUT2D eigenvalue weighted by Gasteiger charge is -1.95. The predicted molar refractivity (Wildman–Crippen MR) is 46.2 cm³/mol. The zero-order valence-electron chi connectivity index (χ0n) is 7.23. The zero-order valence-corrected chi connectivity index (χ0v) is 7.23. The molecule has 0 heterocycles. The minimum atomic E-state index is -0.170. The minimum Gasteiger partial charge on any atom is -0.412 e. The highest BCUT2D eigenvalue weighted by Crippen LogP contribution is 2.03. The fraction of sp³-hybridized carbons (Fsp3) is 0.875. The van der Waals surface area contributed by atoms with E-state index in [2.05, 4.69) is 6.92 Å². The first-order valence-corrected chi connectivity index (χ1v) is 4.05. The van der Waals surface area contributed by atoms with E-state index < -0.39 is 0 Å². The van der Waals surface area contributed by atoms with Crippen molar-refractivity contribution in [1.29, 1.82) is 0 Å². The molecule has 0 fully saturated rings. The monoisotopic (exact) mass is 161 g/mol. The van der Waals surface area contributed by atoms with Gasteiger partial charge in [-0.05, 0) is 6.42 Å². The van der Waals surface area contributed by atoms with E-state index in [0.717, 1.165) is 12.8 Å². The van der Waals surface area contributed by atoms with Crippen LogP contribution in [0.3, 0.4) is 0 Å². The quantitative estimate of drug-likeness (QED) is 0.580. The molecular weight excluding hydrogens is 142 g/mol. The van der Waals surface area contributed by atoms with Crippen LogP contribution in [0, 0.1) is 0 Å². The van der Waals surface area contributed by atoms with E-state index in [9.17, 15) is 4.79 Å². The Hall–Kier alpha value is -0.570. The molecule has 1 amide bonds. The van der Waals surface area contributed by atoms with E-state index >= 15 is 0 Å². The van der Waals surface area contributed by atoms with Gasteiger partial charge in [-0.1, -0.05) is 32.6 Å². The van der Waals surface area contributed by atoms with Crippen molar-refractivity contribution in [2.75, 3.05) is 0 Å². The number of primary amides is 1. The molecule has 0 bridgehead atoms. The van der Waals surface area contributed by atoms with Crippen LogP contribution < -0.4 is 5.73 Å². The van der Waals surface area contributed by atoms with Gasteiger partial charge in [0.05, 0.1) is 0 Å². The minimum absolute atomic E-state index is 0. The maximum absolute atomic E-state index is 10.3. The van der Waals surface area contributed by atoms with Gasteiger partial charge < -0.3 is 11.2 Å². The number of hydrogen-bond acceptors (Lipinski definition) is 1. The lowest BCUT2D eigenvalue weighted by molar-refractivity contribution is -0.118. The molecule has 0 saturated carbocycles. The summed E-state index contributed by atoms with van der Waals surface area (Å²) in [5.74, 6) is -0.170. The van der Waals surface area contributed by atoms with Gasteiger partial charge >= 0.3 is 0 Å². The molecular formula is C8H19NO2. The van der Waals surface area contributed by atoms with Gasteiger partial charge in [-0.15, -0.1) is 0 Å². The van der Waals surface area contributed by atoms with Crippen molar-refractivity contribution in [3.05, 3.63) is 0 Å². The average Bonchev–Trinajstić information content (AvgIpc) is 1.87. The molecule has 3 heteroatoms. The highest BCUT2D eigenvalue weighted by Gasteiger charge is 1.92. The Morgan fingerprint density at radius 3 is 2.18 bits per heavy atom. The van der Waals surface area contributed by atoms with Crippen LogP contribution >= 0.6 is 0 Å². The highest BCUT2D eigenvalue weighted by atomic mass is 16.1. The largest absolute Gasteiger partial charge is 0.412 e. The summed E-state index contributed by atoms with van der Waals surface area (Å²) in [5, 5.41) is 0. The maximum atomic E-state index is 10.3. The van der Waals surface area contributed by atoms with Crippen LogP contribution in [0.1, 0.15) is 45.4 Å². The summed E-state index contributed by atoms with van der Waals surface area (Å²) >= 11 is 0. The molecule has 68 valence electrons. The van der Waals surface area contributed by atoms with Gasteiger partial charge in [-0.25, -0.2) is 0 Å². The lowest BCUT2D eigenvalue weighted by atomic mass is 10.1. The summed E-state index contributed by atoms with van der Waals surface area (Å²) in [6.07, 6.45) is 6.44. The third-order valence-corrected chi connectivity index (χ3v) is 1.53. The van der Waals surface area contributed by atoms with Crippen LogP contribution in [-0.4, -0.2) is 11.4 Å². The van der Waals surface area contributed by atoms with Crippen molar-refractivity contribution in [2.45, 2.75) is 45.4 Å². The SMILES string of the molecule is CCCCCCCC(N)=O.O. The van der Waals surface area contributed by atoms with Crippen LogP contribution in [0.15, 0.2) is 0 Å². The Balaban J connectivity index is 0. The summed E-state index contributed by atoms with van der Waals surface area (Å²) in [7, 11) is 0. The standard InChI is InChI=1S/C8H17NO.H2O/c1-2-3-4-5-6-7-8(9)10;/h2-7H2,1H3,(H2,9,10);1H2. The van der Waals surface area contributed by atoms with Crippen LogP contribution in [0.2, 0.25) is 0 Å².